The minimum absolute atomic E-state index is 0.254. The highest BCUT2D eigenvalue weighted by atomic mass is 16.5. The zero-order valence-electron chi connectivity index (χ0n) is 17.2. The van der Waals surface area contributed by atoms with Crippen LogP contribution in [-0.4, -0.2) is 45.7 Å². The molecule has 0 spiro atoms. The molecule has 0 aliphatic carbocycles. The fraction of sp³-hybridized carbons (Fsp3) is 0.333. The zero-order chi connectivity index (χ0) is 20.1. The molecule has 3 aromatic rings. The molecular formula is C24H28N4O. The van der Waals surface area contributed by atoms with Crippen LogP contribution in [0.2, 0.25) is 0 Å². The number of hydrogen-bond acceptors (Lipinski definition) is 4. The monoisotopic (exact) mass is 388 g/mol. The number of imidazole rings is 1. The Hall–Kier alpha value is -2.76. The van der Waals surface area contributed by atoms with Crippen molar-refractivity contribution in [3.63, 3.8) is 0 Å². The van der Waals surface area contributed by atoms with Gasteiger partial charge >= 0.3 is 0 Å². The SMILES string of the molecule is CC(C)=Cc1c(-c2ccccc2)ncn1CC(c1ccncc1)N1CCOCC1. The van der Waals surface area contributed by atoms with Gasteiger partial charge in [0.05, 0.1) is 37.0 Å². The van der Waals surface area contributed by atoms with Crippen LogP contribution in [-0.2, 0) is 11.3 Å². The van der Waals surface area contributed by atoms with Gasteiger partial charge in [-0.2, -0.15) is 0 Å². The van der Waals surface area contributed by atoms with Crippen LogP contribution in [0.15, 0.2) is 66.8 Å². The minimum atomic E-state index is 0.254. The average Bonchev–Trinajstić information content (AvgIpc) is 3.15. The normalized spacial score (nSPS) is 15.8. The molecule has 1 unspecified atom stereocenters. The zero-order valence-corrected chi connectivity index (χ0v) is 17.2. The Morgan fingerprint density at radius 3 is 2.48 bits per heavy atom. The number of benzene rings is 1. The van der Waals surface area contributed by atoms with Crippen molar-refractivity contribution in [2.75, 3.05) is 26.3 Å². The molecule has 4 rings (SSSR count). The molecular weight excluding hydrogens is 360 g/mol. The van der Waals surface area contributed by atoms with E-state index in [9.17, 15) is 0 Å². The Labute approximate surface area is 172 Å². The lowest BCUT2D eigenvalue weighted by molar-refractivity contribution is 0.0122. The summed E-state index contributed by atoms with van der Waals surface area (Å²) in [6.45, 7) is 8.53. The van der Waals surface area contributed by atoms with Crippen molar-refractivity contribution in [1.82, 2.24) is 19.4 Å². The summed E-state index contributed by atoms with van der Waals surface area (Å²) >= 11 is 0. The molecule has 0 amide bonds. The fourth-order valence-corrected chi connectivity index (χ4v) is 3.87. The molecule has 1 aliphatic heterocycles. The van der Waals surface area contributed by atoms with Crippen LogP contribution < -0.4 is 0 Å². The van der Waals surface area contributed by atoms with Crippen LogP contribution in [0.5, 0.6) is 0 Å². The van der Waals surface area contributed by atoms with E-state index in [1.54, 1.807) is 0 Å². The number of hydrogen-bond donors (Lipinski definition) is 0. The maximum absolute atomic E-state index is 5.59. The quantitative estimate of drug-likeness (QED) is 0.626. The van der Waals surface area contributed by atoms with Crippen molar-refractivity contribution in [2.45, 2.75) is 26.4 Å². The summed E-state index contributed by atoms with van der Waals surface area (Å²) in [5.41, 5.74) is 5.87. The van der Waals surface area contributed by atoms with E-state index in [1.165, 1.54) is 11.1 Å². The van der Waals surface area contributed by atoms with Crippen molar-refractivity contribution in [3.8, 4) is 11.3 Å². The van der Waals surface area contributed by atoms with Crippen molar-refractivity contribution >= 4 is 6.08 Å². The minimum Gasteiger partial charge on any atom is -0.379 e. The second-order valence-electron chi connectivity index (χ2n) is 7.66. The molecule has 0 radical (unpaired) electrons. The first-order valence-electron chi connectivity index (χ1n) is 10.2. The molecule has 3 heterocycles. The Kier molecular flexibility index (Phi) is 6.17. The third-order valence-corrected chi connectivity index (χ3v) is 5.30. The van der Waals surface area contributed by atoms with E-state index in [0.29, 0.717) is 0 Å². The molecule has 29 heavy (non-hydrogen) atoms. The maximum Gasteiger partial charge on any atom is 0.0959 e. The molecule has 150 valence electrons. The highest BCUT2D eigenvalue weighted by molar-refractivity contribution is 5.70. The van der Waals surface area contributed by atoms with Gasteiger partial charge < -0.3 is 9.30 Å². The first-order chi connectivity index (χ1) is 14.2. The van der Waals surface area contributed by atoms with Gasteiger partial charge in [0.2, 0.25) is 0 Å². The second-order valence-corrected chi connectivity index (χ2v) is 7.66. The number of rotatable bonds is 6. The summed E-state index contributed by atoms with van der Waals surface area (Å²) in [5.74, 6) is 0. The lowest BCUT2D eigenvalue weighted by Crippen LogP contribution is -2.40. The van der Waals surface area contributed by atoms with Crippen LogP contribution in [0.4, 0.5) is 0 Å². The van der Waals surface area contributed by atoms with E-state index in [4.69, 9.17) is 9.72 Å². The van der Waals surface area contributed by atoms with Gasteiger partial charge in [0.25, 0.3) is 0 Å². The molecule has 5 nitrogen and oxygen atoms in total. The highest BCUT2D eigenvalue weighted by Gasteiger charge is 2.24. The largest absolute Gasteiger partial charge is 0.379 e. The first kappa shape index (κ1) is 19.6. The van der Waals surface area contributed by atoms with Crippen LogP contribution in [0.3, 0.4) is 0 Å². The number of morpholine rings is 1. The van der Waals surface area contributed by atoms with Gasteiger partial charge in [-0.3, -0.25) is 9.88 Å². The third kappa shape index (κ3) is 4.63. The van der Waals surface area contributed by atoms with Gasteiger partial charge in [-0.15, -0.1) is 0 Å². The summed E-state index contributed by atoms with van der Waals surface area (Å²) < 4.78 is 7.88. The molecule has 1 fully saturated rings. The number of ether oxygens (including phenoxy) is 1. The molecule has 1 aliphatic rings. The molecule has 2 aromatic heterocycles. The second kappa shape index (κ2) is 9.16. The predicted octanol–water partition coefficient (Wildman–Crippen LogP) is 4.44. The predicted molar refractivity (Wildman–Crippen MR) is 116 cm³/mol. The Morgan fingerprint density at radius 1 is 1.07 bits per heavy atom. The summed E-state index contributed by atoms with van der Waals surface area (Å²) in [5, 5.41) is 0. The molecule has 0 saturated carbocycles. The molecule has 1 aromatic carbocycles. The van der Waals surface area contributed by atoms with Gasteiger partial charge in [-0.1, -0.05) is 35.9 Å². The topological polar surface area (TPSA) is 43.2 Å². The number of allylic oxidation sites excluding steroid dienone is 1. The van der Waals surface area contributed by atoms with E-state index < -0.39 is 0 Å². The van der Waals surface area contributed by atoms with Crippen molar-refractivity contribution < 1.29 is 4.74 Å². The summed E-state index contributed by atoms with van der Waals surface area (Å²) in [4.78, 5) is 11.5. The lowest BCUT2D eigenvalue weighted by Gasteiger charge is -2.35. The van der Waals surface area contributed by atoms with E-state index in [1.807, 2.05) is 24.8 Å². The summed E-state index contributed by atoms with van der Waals surface area (Å²) in [7, 11) is 0. The average molecular weight is 389 g/mol. The van der Waals surface area contributed by atoms with Gasteiger partial charge in [0.15, 0.2) is 0 Å². The van der Waals surface area contributed by atoms with Gasteiger partial charge in [0, 0.05) is 37.6 Å². The van der Waals surface area contributed by atoms with Crippen molar-refractivity contribution in [2.24, 2.45) is 0 Å². The van der Waals surface area contributed by atoms with Gasteiger partial charge in [-0.05, 0) is 37.6 Å². The summed E-state index contributed by atoms with van der Waals surface area (Å²) in [6.07, 6.45) is 7.97. The van der Waals surface area contributed by atoms with E-state index in [-0.39, 0.29) is 6.04 Å². The van der Waals surface area contributed by atoms with Gasteiger partial charge in [-0.25, -0.2) is 4.98 Å². The molecule has 0 N–H and O–H groups in total. The lowest BCUT2D eigenvalue weighted by atomic mass is 10.1. The molecule has 5 heteroatoms. The molecule has 0 bridgehead atoms. The van der Waals surface area contributed by atoms with Crippen LogP contribution in [0, 0.1) is 0 Å². The maximum atomic E-state index is 5.59. The summed E-state index contributed by atoms with van der Waals surface area (Å²) in [6, 6.07) is 14.9. The Balaban J connectivity index is 1.72. The first-order valence-corrected chi connectivity index (χ1v) is 10.2. The van der Waals surface area contributed by atoms with E-state index in [0.717, 1.165) is 49.8 Å². The number of aromatic nitrogens is 3. The Bertz CT molecular complexity index is 940. The Morgan fingerprint density at radius 2 is 1.79 bits per heavy atom. The highest BCUT2D eigenvalue weighted by Crippen LogP contribution is 2.29. The molecule has 1 atom stereocenters. The number of pyridine rings is 1. The number of nitrogens with zero attached hydrogens (tertiary/aromatic N) is 4. The van der Waals surface area contributed by atoms with Crippen molar-refractivity contribution in [1.29, 1.82) is 0 Å². The van der Waals surface area contributed by atoms with E-state index >= 15 is 0 Å². The smallest absolute Gasteiger partial charge is 0.0959 e. The van der Waals surface area contributed by atoms with Crippen LogP contribution in [0.25, 0.3) is 17.3 Å². The fourth-order valence-electron chi connectivity index (χ4n) is 3.87. The van der Waals surface area contributed by atoms with Crippen LogP contribution in [0.1, 0.15) is 31.1 Å². The van der Waals surface area contributed by atoms with E-state index in [2.05, 4.69) is 70.8 Å². The third-order valence-electron chi connectivity index (χ3n) is 5.30. The molecule has 1 saturated heterocycles. The standard InChI is InChI=1S/C24H28N4O/c1-19(2)16-22-24(21-6-4-3-5-7-21)26-18-28(22)17-23(20-8-10-25-11-9-20)27-12-14-29-15-13-27/h3-11,16,18,23H,12-15,17H2,1-2H3. The van der Waals surface area contributed by atoms with Gasteiger partial charge in [0.1, 0.15) is 0 Å². The van der Waals surface area contributed by atoms with Crippen LogP contribution >= 0.6 is 0 Å². The van der Waals surface area contributed by atoms with Crippen molar-refractivity contribution in [3.05, 3.63) is 78.0 Å².